The smallest absolute Gasteiger partial charge is 0.303 e. The maximum Gasteiger partial charge on any atom is 0.303 e. The summed E-state index contributed by atoms with van der Waals surface area (Å²) in [7, 11) is 0. The maximum atomic E-state index is 12.6. The Balaban J connectivity index is 2.62. The summed E-state index contributed by atoms with van der Waals surface area (Å²) in [5, 5.41) is 6.19. The van der Waals surface area contributed by atoms with Gasteiger partial charge in [0.1, 0.15) is 6.61 Å². The highest BCUT2D eigenvalue weighted by molar-refractivity contribution is 6.31. The number of hydrogen-bond acceptors (Lipinski definition) is 13. The highest BCUT2D eigenvalue weighted by Gasteiger charge is 2.43. The van der Waals surface area contributed by atoms with Crippen molar-refractivity contribution in [2.45, 2.75) is 66.0 Å². The molecule has 0 radical (unpaired) electrons. The lowest BCUT2D eigenvalue weighted by Crippen LogP contribution is -2.53. The minimum Gasteiger partial charge on any atom is -0.462 e. The molecule has 0 saturated heterocycles. The molecule has 0 fully saturated rings. The van der Waals surface area contributed by atoms with Crippen LogP contribution >= 0.6 is 11.6 Å². The van der Waals surface area contributed by atoms with Crippen molar-refractivity contribution in [1.29, 1.82) is 0 Å². The van der Waals surface area contributed by atoms with Crippen LogP contribution in [0.3, 0.4) is 0 Å². The molecule has 2 rings (SSSR count). The Kier molecular flexibility index (Phi) is 12.3. The summed E-state index contributed by atoms with van der Waals surface area (Å²) >= 11 is 6.03. The lowest BCUT2D eigenvalue weighted by molar-refractivity contribution is -0.197. The second-order valence-corrected chi connectivity index (χ2v) is 9.21. The van der Waals surface area contributed by atoms with Gasteiger partial charge in [-0.25, -0.2) is 4.98 Å². The van der Waals surface area contributed by atoms with Crippen LogP contribution in [0.15, 0.2) is 35.4 Å². The summed E-state index contributed by atoms with van der Waals surface area (Å²) in [6.45, 7) is 5.83. The first-order chi connectivity index (χ1) is 19.7. The average molecular weight is 608 g/mol. The molecule has 0 saturated carbocycles. The van der Waals surface area contributed by atoms with Gasteiger partial charge in [0.15, 0.2) is 30.2 Å². The van der Waals surface area contributed by atoms with Crippen LogP contribution in [0.2, 0.25) is 5.02 Å². The molecule has 14 nitrogen and oxygen atoms in total. The normalized spacial score (nSPS) is 13.8. The third-order valence-corrected chi connectivity index (χ3v) is 5.40. The molecule has 1 aromatic carbocycles. The molecular weight excluding hydrogens is 578 g/mol. The summed E-state index contributed by atoms with van der Waals surface area (Å²) in [5.74, 6) is -4.79. The van der Waals surface area contributed by atoms with Gasteiger partial charge < -0.3 is 23.7 Å². The van der Waals surface area contributed by atoms with E-state index in [4.69, 9.17) is 35.3 Å². The third-order valence-electron chi connectivity index (χ3n) is 5.17. The molecule has 0 unspecified atom stereocenters. The van der Waals surface area contributed by atoms with E-state index in [2.05, 4.69) is 10.1 Å². The van der Waals surface area contributed by atoms with Gasteiger partial charge >= 0.3 is 29.8 Å². The summed E-state index contributed by atoms with van der Waals surface area (Å²) in [5.41, 5.74) is 0.497. The van der Waals surface area contributed by atoms with Crippen LogP contribution in [-0.4, -0.2) is 78.0 Å². The molecule has 226 valence electrons. The van der Waals surface area contributed by atoms with E-state index in [1.807, 2.05) is 0 Å². The fourth-order valence-electron chi connectivity index (χ4n) is 3.68. The Morgan fingerprint density at radius 1 is 0.810 bits per heavy atom. The van der Waals surface area contributed by atoms with Gasteiger partial charge in [-0.15, -0.1) is 0 Å². The van der Waals surface area contributed by atoms with E-state index in [0.29, 0.717) is 15.9 Å². The van der Waals surface area contributed by atoms with Crippen molar-refractivity contribution in [2.75, 3.05) is 11.6 Å². The molecule has 0 aliphatic heterocycles. The molecule has 2 aromatic rings. The molecule has 0 aliphatic rings. The largest absolute Gasteiger partial charge is 0.462 e. The molecule has 15 heteroatoms. The van der Waals surface area contributed by atoms with Crippen LogP contribution in [0.4, 0.5) is 5.82 Å². The van der Waals surface area contributed by atoms with Gasteiger partial charge in [-0.2, -0.15) is 10.1 Å². The number of benzene rings is 1. The van der Waals surface area contributed by atoms with Crippen molar-refractivity contribution < 1.29 is 52.5 Å². The van der Waals surface area contributed by atoms with Crippen molar-refractivity contribution in [2.24, 2.45) is 5.10 Å². The average Bonchev–Trinajstić information content (AvgIpc) is 2.87. The van der Waals surface area contributed by atoms with Gasteiger partial charge in [-0.3, -0.25) is 28.8 Å². The molecular formula is C27H30ClN3O11. The Bertz CT molecular complexity index is 1380. The van der Waals surface area contributed by atoms with Gasteiger partial charge in [-0.1, -0.05) is 11.6 Å². The van der Waals surface area contributed by atoms with Crippen LogP contribution < -0.4 is 5.01 Å². The number of ether oxygens (including phenoxy) is 5. The Hall–Kier alpha value is -4.59. The number of aromatic nitrogens is 1. The zero-order chi connectivity index (χ0) is 31.6. The molecule has 1 aromatic heterocycles. The Morgan fingerprint density at radius 3 is 1.95 bits per heavy atom. The van der Waals surface area contributed by atoms with Crippen molar-refractivity contribution in [1.82, 2.24) is 4.98 Å². The monoisotopic (exact) mass is 607 g/mol. The van der Waals surface area contributed by atoms with Crippen molar-refractivity contribution in [3.05, 3.63) is 35.4 Å². The lowest BCUT2D eigenvalue weighted by Gasteiger charge is -2.34. The second kappa shape index (κ2) is 15.4. The summed E-state index contributed by atoms with van der Waals surface area (Å²) in [4.78, 5) is 76.6. The van der Waals surface area contributed by atoms with Crippen molar-refractivity contribution in [3.8, 4) is 0 Å². The quantitative estimate of drug-likeness (QED) is 0.149. The third kappa shape index (κ3) is 10.4. The number of anilines is 1. The molecule has 1 heterocycles. The molecule has 0 aliphatic carbocycles. The van der Waals surface area contributed by atoms with Gasteiger partial charge in [0, 0.05) is 52.0 Å². The van der Waals surface area contributed by atoms with E-state index in [9.17, 15) is 28.8 Å². The van der Waals surface area contributed by atoms with Crippen LogP contribution in [0.5, 0.6) is 0 Å². The minimum absolute atomic E-state index is 0.0865. The molecule has 0 spiro atoms. The predicted octanol–water partition coefficient (Wildman–Crippen LogP) is 2.52. The number of hydrazone groups is 1. The number of hydrogen-bond donors (Lipinski definition) is 0. The number of carbonyl (C=O) groups excluding carboxylic acids is 6. The fraction of sp³-hybridized carbons (Fsp3) is 0.407. The number of halogens is 1. The van der Waals surface area contributed by atoms with E-state index >= 15 is 0 Å². The standard InChI is InChI=1S/C27H30ClN3O11/c1-14(32)31(25-10-7-20-11-21(28)8-9-22(20)30-25)29-12-23(39-16(3)34)26(41-18(5)36)27(42-19(6)37)24(40-17(4)35)13-38-15(2)33/h7-12,23-24,26-27H,13H2,1-6H3/b29-12+/t23-,24+,26+,27+/m0/s1. The fourth-order valence-corrected chi connectivity index (χ4v) is 3.86. The highest BCUT2D eigenvalue weighted by Crippen LogP contribution is 2.23. The Labute approximate surface area is 245 Å². The van der Waals surface area contributed by atoms with Crippen molar-refractivity contribution >= 4 is 70.3 Å². The van der Waals surface area contributed by atoms with Crippen LogP contribution in [-0.2, 0) is 52.5 Å². The predicted molar refractivity (Wildman–Crippen MR) is 147 cm³/mol. The number of rotatable bonds is 12. The first kappa shape index (κ1) is 33.6. The first-order valence-electron chi connectivity index (χ1n) is 12.4. The highest BCUT2D eigenvalue weighted by atomic mass is 35.5. The molecule has 0 bridgehead atoms. The zero-order valence-electron chi connectivity index (χ0n) is 23.7. The maximum absolute atomic E-state index is 12.6. The second-order valence-electron chi connectivity index (χ2n) is 8.77. The molecule has 4 atom stereocenters. The number of amides is 1. The van der Waals surface area contributed by atoms with E-state index < -0.39 is 66.8 Å². The number of carbonyl (C=O) groups is 6. The number of pyridine rings is 1. The number of nitrogens with zero attached hydrogens (tertiary/aromatic N) is 3. The number of fused-ring (bicyclic) bond motifs is 1. The molecule has 42 heavy (non-hydrogen) atoms. The number of esters is 5. The van der Waals surface area contributed by atoms with Crippen LogP contribution in [0, 0.1) is 0 Å². The topological polar surface area (TPSA) is 177 Å². The summed E-state index contributed by atoms with van der Waals surface area (Å²) < 4.78 is 26.2. The van der Waals surface area contributed by atoms with Gasteiger partial charge in [-0.05, 0) is 30.3 Å². The van der Waals surface area contributed by atoms with E-state index in [1.165, 1.54) is 13.0 Å². The van der Waals surface area contributed by atoms with E-state index in [-0.39, 0.29) is 5.82 Å². The first-order valence-corrected chi connectivity index (χ1v) is 12.8. The van der Waals surface area contributed by atoms with Crippen molar-refractivity contribution in [3.63, 3.8) is 0 Å². The summed E-state index contributed by atoms with van der Waals surface area (Å²) in [6, 6.07) is 8.10. The van der Waals surface area contributed by atoms with E-state index in [0.717, 1.165) is 45.8 Å². The minimum atomic E-state index is -1.69. The SMILES string of the molecule is CC(=O)OC[C@@H](OC(C)=O)[C@@H](OC(C)=O)[C@H](OC(C)=O)[C@H](/C=N/N(C(C)=O)c1ccc2cc(Cl)ccc2n1)OC(C)=O. The summed E-state index contributed by atoms with van der Waals surface area (Å²) in [6.07, 6.45) is -5.53. The molecule has 1 amide bonds. The van der Waals surface area contributed by atoms with Gasteiger partial charge in [0.2, 0.25) is 5.91 Å². The van der Waals surface area contributed by atoms with Crippen LogP contribution in [0.1, 0.15) is 41.5 Å². The Morgan fingerprint density at radius 2 is 1.40 bits per heavy atom. The van der Waals surface area contributed by atoms with Crippen LogP contribution in [0.25, 0.3) is 10.9 Å². The lowest BCUT2D eigenvalue weighted by atomic mass is 10.0. The van der Waals surface area contributed by atoms with Gasteiger partial charge in [0.05, 0.1) is 11.7 Å². The van der Waals surface area contributed by atoms with E-state index in [1.54, 1.807) is 24.3 Å². The van der Waals surface area contributed by atoms with Gasteiger partial charge in [0.25, 0.3) is 0 Å². The zero-order valence-corrected chi connectivity index (χ0v) is 24.4. The molecule has 0 N–H and O–H groups in total.